The average molecular weight is 205 g/mol. The Kier molecular flexibility index (Phi) is 2.33. The van der Waals surface area contributed by atoms with E-state index in [4.69, 9.17) is 0 Å². The minimum absolute atomic E-state index is 0.429. The lowest BCUT2D eigenvalue weighted by atomic mass is 10.2. The fraction of sp³-hybridized carbons (Fsp3) is 0.583. The molecule has 1 aromatic heterocycles. The Labute approximate surface area is 91.2 Å². The maximum absolute atomic E-state index is 4.48. The van der Waals surface area contributed by atoms with Gasteiger partial charge in [0.05, 0.1) is 5.69 Å². The molecule has 15 heavy (non-hydrogen) atoms. The summed E-state index contributed by atoms with van der Waals surface area (Å²) in [6, 6.07) is 0.572. The van der Waals surface area contributed by atoms with Gasteiger partial charge in [0.1, 0.15) is 0 Å². The minimum Gasteiger partial charge on any atom is -0.352 e. The van der Waals surface area contributed by atoms with Gasteiger partial charge in [-0.25, -0.2) is 4.98 Å². The van der Waals surface area contributed by atoms with Gasteiger partial charge in [-0.15, -0.1) is 6.58 Å². The molecule has 1 heterocycles. The zero-order chi connectivity index (χ0) is 11.1. The van der Waals surface area contributed by atoms with Gasteiger partial charge in [0.25, 0.3) is 0 Å². The molecule has 3 heteroatoms. The summed E-state index contributed by atoms with van der Waals surface area (Å²) in [5.41, 5.74) is 1.48. The maximum atomic E-state index is 4.48. The van der Waals surface area contributed by atoms with Gasteiger partial charge in [0, 0.05) is 18.8 Å². The molecule has 1 fully saturated rings. The van der Waals surface area contributed by atoms with E-state index >= 15 is 0 Å². The van der Waals surface area contributed by atoms with Crippen molar-refractivity contribution in [3.63, 3.8) is 0 Å². The summed E-state index contributed by atoms with van der Waals surface area (Å²) in [7, 11) is 0. The van der Waals surface area contributed by atoms with Crippen molar-refractivity contribution in [2.75, 3.05) is 5.32 Å². The van der Waals surface area contributed by atoms with Crippen LogP contribution in [0.3, 0.4) is 0 Å². The van der Waals surface area contributed by atoms with Crippen LogP contribution in [-0.4, -0.2) is 15.6 Å². The molecule has 2 rings (SSSR count). The van der Waals surface area contributed by atoms with E-state index in [0.717, 1.165) is 18.2 Å². The minimum atomic E-state index is 0.429. The SMILES string of the molecule is C=CCn1cc(C)nc1NC1CC1(C)C. The van der Waals surface area contributed by atoms with Crippen LogP contribution in [0, 0.1) is 12.3 Å². The topological polar surface area (TPSA) is 29.9 Å². The van der Waals surface area contributed by atoms with E-state index in [1.165, 1.54) is 6.42 Å². The lowest BCUT2D eigenvalue weighted by Gasteiger charge is -2.09. The molecule has 82 valence electrons. The molecule has 1 N–H and O–H groups in total. The molecule has 0 radical (unpaired) electrons. The highest BCUT2D eigenvalue weighted by molar-refractivity contribution is 5.34. The zero-order valence-electron chi connectivity index (χ0n) is 9.75. The van der Waals surface area contributed by atoms with Crippen LogP contribution < -0.4 is 5.32 Å². The quantitative estimate of drug-likeness (QED) is 0.766. The van der Waals surface area contributed by atoms with Crippen molar-refractivity contribution in [2.45, 2.75) is 39.8 Å². The Morgan fingerprint density at radius 3 is 2.93 bits per heavy atom. The first-order chi connectivity index (χ1) is 7.03. The van der Waals surface area contributed by atoms with Crippen LogP contribution in [0.2, 0.25) is 0 Å². The molecule has 1 aromatic rings. The van der Waals surface area contributed by atoms with Gasteiger partial charge < -0.3 is 9.88 Å². The molecule has 0 aromatic carbocycles. The van der Waals surface area contributed by atoms with Crippen LogP contribution in [0.15, 0.2) is 18.9 Å². The molecule has 3 nitrogen and oxygen atoms in total. The standard InChI is InChI=1S/C12H19N3/c1-5-6-15-8-9(2)13-11(15)14-10-7-12(10,3)4/h5,8,10H,1,6-7H2,2-4H3,(H,13,14). The molecule has 0 saturated heterocycles. The molecule has 0 aliphatic heterocycles. The van der Waals surface area contributed by atoms with E-state index in [1.807, 2.05) is 13.0 Å². The summed E-state index contributed by atoms with van der Waals surface area (Å²) >= 11 is 0. The van der Waals surface area contributed by atoms with Crippen molar-refractivity contribution < 1.29 is 0 Å². The van der Waals surface area contributed by atoms with Crippen molar-refractivity contribution in [2.24, 2.45) is 5.41 Å². The van der Waals surface area contributed by atoms with E-state index in [1.54, 1.807) is 0 Å². The van der Waals surface area contributed by atoms with Crippen LogP contribution in [0.4, 0.5) is 5.95 Å². The highest BCUT2D eigenvalue weighted by Crippen LogP contribution is 2.46. The number of rotatable bonds is 4. The number of nitrogens with one attached hydrogen (secondary N) is 1. The fourth-order valence-electron chi connectivity index (χ4n) is 1.81. The Hall–Kier alpha value is -1.25. The second-order valence-corrected chi connectivity index (χ2v) is 5.04. The molecule has 1 aliphatic carbocycles. The van der Waals surface area contributed by atoms with Gasteiger partial charge in [0.15, 0.2) is 0 Å². The second-order valence-electron chi connectivity index (χ2n) is 5.04. The van der Waals surface area contributed by atoms with Crippen LogP contribution >= 0.6 is 0 Å². The zero-order valence-corrected chi connectivity index (χ0v) is 9.75. The molecule has 0 bridgehead atoms. The van der Waals surface area contributed by atoms with E-state index in [-0.39, 0.29) is 0 Å². The van der Waals surface area contributed by atoms with Gasteiger partial charge in [0.2, 0.25) is 5.95 Å². The van der Waals surface area contributed by atoms with Gasteiger partial charge in [-0.1, -0.05) is 19.9 Å². The van der Waals surface area contributed by atoms with E-state index in [0.29, 0.717) is 11.5 Å². The Bertz CT molecular complexity index is 376. The first-order valence-corrected chi connectivity index (χ1v) is 5.44. The molecule has 0 spiro atoms. The largest absolute Gasteiger partial charge is 0.352 e. The Morgan fingerprint density at radius 2 is 2.40 bits per heavy atom. The third-order valence-corrected chi connectivity index (χ3v) is 3.04. The van der Waals surface area contributed by atoms with Gasteiger partial charge in [-0.2, -0.15) is 0 Å². The number of allylic oxidation sites excluding steroid dienone is 1. The lowest BCUT2D eigenvalue weighted by Crippen LogP contribution is -2.12. The van der Waals surface area contributed by atoms with Crippen LogP contribution in [-0.2, 0) is 6.54 Å². The molecule has 1 aliphatic rings. The highest BCUT2D eigenvalue weighted by atomic mass is 15.2. The monoisotopic (exact) mass is 205 g/mol. The number of anilines is 1. The number of nitrogens with zero attached hydrogens (tertiary/aromatic N) is 2. The molecule has 0 amide bonds. The maximum Gasteiger partial charge on any atom is 0.203 e. The number of aryl methyl sites for hydroxylation is 1. The summed E-state index contributed by atoms with van der Waals surface area (Å²) < 4.78 is 2.11. The Morgan fingerprint density at radius 1 is 1.73 bits per heavy atom. The van der Waals surface area contributed by atoms with Gasteiger partial charge >= 0.3 is 0 Å². The van der Waals surface area contributed by atoms with Crippen LogP contribution in [0.25, 0.3) is 0 Å². The third-order valence-electron chi connectivity index (χ3n) is 3.04. The Balaban J connectivity index is 2.10. The molecular weight excluding hydrogens is 186 g/mol. The van der Waals surface area contributed by atoms with Crippen molar-refractivity contribution in [1.29, 1.82) is 0 Å². The summed E-state index contributed by atoms with van der Waals surface area (Å²) in [5, 5.41) is 3.48. The van der Waals surface area contributed by atoms with E-state index in [9.17, 15) is 0 Å². The number of aromatic nitrogens is 2. The van der Waals surface area contributed by atoms with Crippen LogP contribution in [0.1, 0.15) is 26.0 Å². The average Bonchev–Trinajstić information content (AvgIpc) is 2.54. The van der Waals surface area contributed by atoms with Gasteiger partial charge in [-0.3, -0.25) is 0 Å². The predicted molar refractivity (Wildman–Crippen MR) is 63.0 cm³/mol. The van der Waals surface area contributed by atoms with Crippen LogP contribution in [0.5, 0.6) is 0 Å². The summed E-state index contributed by atoms with van der Waals surface area (Å²) in [4.78, 5) is 4.48. The summed E-state index contributed by atoms with van der Waals surface area (Å²) in [6.45, 7) is 11.1. The summed E-state index contributed by atoms with van der Waals surface area (Å²) in [6.07, 6.45) is 5.18. The van der Waals surface area contributed by atoms with Crippen molar-refractivity contribution in [1.82, 2.24) is 9.55 Å². The second kappa shape index (κ2) is 3.40. The summed E-state index contributed by atoms with van der Waals surface area (Å²) in [5.74, 6) is 0.975. The number of hydrogen-bond donors (Lipinski definition) is 1. The molecule has 1 saturated carbocycles. The predicted octanol–water partition coefficient (Wildman–Crippen LogP) is 2.59. The first kappa shape index (κ1) is 10.3. The van der Waals surface area contributed by atoms with Crippen molar-refractivity contribution in [3.8, 4) is 0 Å². The fourth-order valence-corrected chi connectivity index (χ4v) is 1.81. The number of imidazole rings is 1. The third kappa shape index (κ3) is 2.06. The molecular formula is C12H19N3. The first-order valence-electron chi connectivity index (χ1n) is 5.44. The van der Waals surface area contributed by atoms with Gasteiger partial charge in [-0.05, 0) is 18.8 Å². The highest BCUT2D eigenvalue weighted by Gasteiger charge is 2.46. The smallest absolute Gasteiger partial charge is 0.203 e. The van der Waals surface area contributed by atoms with E-state index < -0.39 is 0 Å². The lowest BCUT2D eigenvalue weighted by molar-refractivity contribution is 0.626. The number of hydrogen-bond acceptors (Lipinski definition) is 2. The van der Waals surface area contributed by atoms with Crippen molar-refractivity contribution in [3.05, 3.63) is 24.5 Å². The van der Waals surface area contributed by atoms with E-state index in [2.05, 4.69) is 41.5 Å². The normalized spacial score (nSPS) is 22.5. The van der Waals surface area contributed by atoms with Crippen molar-refractivity contribution >= 4 is 5.95 Å². The molecule has 1 atom stereocenters. The molecule has 1 unspecified atom stereocenters.